The standard InChI is InChI=1S/C45H43N3O11/c1-56-43(53)40-38(50)26-34(32-15-7-4-8-16-32)27-39(40)58-24-12-11-23-46-41(51)36(47-45(55)57-2)25-30-19-21-35(22-20-30)48(37-18-10-9-17-33(37)28-49)42(52)44(54)59-29-31-13-5-3-6-14-31/h3-10,13-16,18-22,26-27,36,50H,11-12,17,23-25,29H2,1-2H3,(H,46,51)(H,47,55)/t36-/m0/s1. The minimum Gasteiger partial charge on any atom is -0.507 e. The molecule has 14 nitrogen and oxygen atoms in total. The molecule has 1 atom stereocenters. The molecule has 5 rings (SSSR count). The number of nitrogens with zero attached hydrogens (tertiary/aromatic N) is 1. The number of aromatic hydroxyl groups is 1. The van der Waals surface area contributed by atoms with Gasteiger partial charge in [-0.05, 0) is 65.4 Å². The van der Waals surface area contributed by atoms with E-state index in [0.717, 1.165) is 10.5 Å². The van der Waals surface area contributed by atoms with E-state index in [9.17, 15) is 33.9 Å². The lowest BCUT2D eigenvalue weighted by molar-refractivity contribution is -0.154. The molecule has 0 spiro atoms. The Kier molecular flexibility index (Phi) is 15.3. The monoisotopic (exact) mass is 801 g/mol. The molecule has 0 bridgehead atoms. The molecule has 0 aliphatic heterocycles. The fraction of sp³-hybridized carbons (Fsp3) is 0.222. The van der Waals surface area contributed by atoms with Crippen molar-refractivity contribution in [2.24, 2.45) is 0 Å². The predicted octanol–water partition coefficient (Wildman–Crippen LogP) is 5.77. The van der Waals surface area contributed by atoms with E-state index in [-0.39, 0.29) is 66.6 Å². The van der Waals surface area contributed by atoms with Gasteiger partial charge in [0.05, 0.1) is 32.1 Å². The number of carbonyl (C=O) groups excluding carboxylic acids is 6. The number of unbranched alkanes of at least 4 members (excludes halogenated alkanes) is 1. The molecular weight excluding hydrogens is 759 g/mol. The van der Waals surface area contributed by atoms with Crippen LogP contribution in [0.4, 0.5) is 10.5 Å². The van der Waals surface area contributed by atoms with E-state index in [4.69, 9.17) is 18.9 Å². The normalized spacial score (nSPS) is 12.2. The highest BCUT2D eigenvalue weighted by Crippen LogP contribution is 2.35. The molecule has 4 aromatic rings. The van der Waals surface area contributed by atoms with Crippen LogP contribution in [0.15, 0.2) is 127 Å². The summed E-state index contributed by atoms with van der Waals surface area (Å²) in [4.78, 5) is 77.6. The smallest absolute Gasteiger partial charge is 0.407 e. The Balaban J connectivity index is 1.22. The van der Waals surface area contributed by atoms with Crippen LogP contribution in [-0.2, 0) is 46.4 Å². The Labute approximate surface area is 340 Å². The summed E-state index contributed by atoms with van der Waals surface area (Å²) in [6.07, 6.45) is 5.22. The van der Waals surface area contributed by atoms with Gasteiger partial charge in [-0.3, -0.25) is 14.5 Å². The van der Waals surface area contributed by atoms with Gasteiger partial charge in [-0.1, -0.05) is 84.9 Å². The summed E-state index contributed by atoms with van der Waals surface area (Å²) in [5.74, 6) is -1.69. The minimum absolute atomic E-state index is 0.0276. The molecule has 14 heteroatoms. The molecule has 59 heavy (non-hydrogen) atoms. The number of phenolic OH excluding ortho intramolecular Hbond substituents is 1. The van der Waals surface area contributed by atoms with Gasteiger partial charge in [0.15, 0.2) is 0 Å². The van der Waals surface area contributed by atoms with Crippen molar-refractivity contribution in [3.63, 3.8) is 0 Å². The van der Waals surface area contributed by atoms with E-state index >= 15 is 0 Å². The molecular formula is C45H43N3O11. The van der Waals surface area contributed by atoms with E-state index in [2.05, 4.69) is 10.6 Å². The van der Waals surface area contributed by atoms with Crippen LogP contribution >= 0.6 is 0 Å². The van der Waals surface area contributed by atoms with Crippen LogP contribution in [0.1, 0.15) is 40.7 Å². The van der Waals surface area contributed by atoms with Crippen molar-refractivity contribution < 1.29 is 52.8 Å². The minimum atomic E-state index is -1.13. The highest BCUT2D eigenvalue weighted by Gasteiger charge is 2.31. The summed E-state index contributed by atoms with van der Waals surface area (Å²) in [6, 6.07) is 26.5. The van der Waals surface area contributed by atoms with Gasteiger partial charge in [0.25, 0.3) is 0 Å². The number of benzene rings is 4. The zero-order valence-corrected chi connectivity index (χ0v) is 32.5. The number of methoxy groups -OCH3 is 2. The van der Waals surface area contributed by atoms with Crippen LogP contribution in [0.25, 0.3) is 11.1 Å². The molecule has 0 fully saturated rings. The van der Waals surface area contributed by atoms with Crippen LogP contribution in [0, 0.1) is 0 Å². The molecule has 4 aromatic carbocycles. The van der Waals surface area contributed by atoms with Gasteiger partial charge in [0.2, 0.25) is 5.91 Å². The van der Waals surface area contributed by atoms with Gasteiger partial charge in [0, 0.05) is 25.1 Å². The van der Waals surface area contributed by atoms with Crippen LogP contribution in [0.5, 0.6) is 11.5 Å². The van der Waals surface area contributed by atoms with Gasteiger partial charge < -0.3 is 34.7 Å². The Morgan fingerprint density at radius 3 is 2.24 bits per heavy atom. The van der Waals surface area contributed by atoms with Crippen LogP contribution in [0.2, 0.25) is 0 Å². The zero-order chi connectivity index (χ0) is 42.1. The zero-order valence-electron chi connectivity index (χ0n) is 32.5. The third-order valence-electron chi connectivity index (χ3n) is 9.11. The average Bonchev–Trinajstić information content (AvgIpc) is 3.27. The van der Waals surface area contributed by atoms with Crippen molar-refractivity contribution in [3.8, 4) is 22.6 Å². The van der Waals surface area contributed by atoms with E-state index in [1.807, 2.05) is 42.3 Å². The highest BCUT2D eigenvalue weighted by molar-refractivity contribution is 6.39. The topological polar surface area (TPSA) is 187 Å². The summed E-state index contributed by atoms with van der Waals surface area (Å²) in [5, 5.41) is 16.0. The van der Waals surface area contributed by atoms with Crippen molar-refractivity contribution in [3.05, 3.63) is 143 Å². The molecule has 0 heterocycles. The quantitative estimate of drug-likeness (QED) is 0.0411. The van der Waals surface area contributed by atoms with Gasteiger partial charge >= 0.3 is 23.9 Å². The van der Waals surface area contributed by atoms with Crippen LogP contribution < -0.4 is 20.3 Å². The molecule has 304 valence electrons. The summed E-state index contributed by atoms with van der Waals surface area (Å²) in [7, 11) is 2.38. The van der Waals surface area contributed by atoms with Gasteiger partial charge in [0.1, 0.15) is 35.7 Å². The number of alkyl carbamates (subject to hydrolysis) is 1. The number of carbonyl (C=O) groups is 5. The number of ether oxygens (including phenoxy) is 4. The average molecular weight is 802 g/mol. The summed E-state index contributed by atoms with van der Waals surface area (Å²) >= 11 is 0. The number of allylic oxidation sites excluding steroid dienone is 4. The Hall–Kier alpha value is -7.44. The SMILES string of the molecule is COC(=O)N[C@@H](Cc1ccc(N(C(=O)C(=O)OCc2ccccc2)C2=CC=CCC2=C=O)cc1)C(=O)NCCCCOc1cc(-c2ccccc2)cc(O)c1C(=O)OC. The van der Waals surface area contributed by atoms with Crippen LogP contribution in [0.3, 0.4) is 0 Å². The molecule has 0 unspecified atom stereocenters. The van der Waals surface area contributed by atoms with Crippen molar-refractivity contribution in [2.45, 2.75) is 38.3 Å². The first-order valence-corrected chi connectivity index (χ1v) is 18.6. The third-order valence-corrected chi connectivity index (χ3v) is 9.11. The highest BCUT2D eigenvalue weighted by atomic mass is 16.5. The first-order valence-electron chi connectivity index (χ1n) is 18.6. The van der Waals surface area contributed by atoms with Crippen LogP contribution in [-0.4, -0.2) is 74.3 Å². The van der Waals surface area contributed by atoms with Gasteiger partial charge in [-0.25, -0.2) is 19.2 Å². The summed E-state index contributed by atoms with van der Waals surface area (Å²) < 4.78 is 20.8. The molecule has 3 N–H and O–H groups in total. The molecule has 0 saturated heterocycles. The van der Waals surface area contributed by atoms with Gasteiger partial charge in [-0.15, -0.1) is 0 Å². The molecule has 0 saturated carbocycles. The fourth-order valence-corrected chi connectivity index (χ4v) is 6.09. The maximum absolute atomic E-state index is 13.6. The lowest BCUT2D eigenvalue weighted by Crippen LogP contribution is -2.48. The summed E-state index contributed by atoms with van der Waals surface area (Å²) in [5.41, 5.74) is 3.19. The second kappa shape index (κ2) is 21.2. The fourth-order valence-electron chi connectivity index (χ4n) is 6.09. The lowest BCUT2D eigenvalue weighted by atomic mass is 10.0. The first kappa shape index (κ1) is 42.7. The molecule has 0 radical (unpaired) electrons. The third kappa shape index (κ3) is 11.6. The predicted molar refractivity (Wildman–Crippen MR) is 217 cm³/mol. The van der Waals surface area contributed by atoms with Crippen molar-refractivity contribution in [1.29, 1.82) is 0 Å². The summed E-state index contributed by atoms with van der Waals surface area (Å²) in [6.45, 7) is 0.230. The molecule has 1 aliphatic carbocycles. The Bertz CT molecular complexity index is 2250. The Morgan fingerprint density at radius 2 is 1.56 bits per heavy atom. The Morgan fingerprint density at radius 1 is 0.847 bits per heavy atom. The van der Waals surface area contributed by atoms with Crippen molar-refractivity contribution in [1.82, 2.24) is 10.6 Å². The largest absolute Gasteiger partial charge is 0.507 e. The lowest BCUT2D eigenvalue weighted by Gasteiger charge is -2.26. The van der Waals surface area contributed by atoms with Crippen molar-refractivity contribution >= 4 is 41.5 Å². The van der Waals surface area contributed by atoms with Crippen molar-refractivity contribution in [2.75, 3.05) is 32.3 Å². The molecule has 3 amide bonds. The first-order chi connectivity index (χ1) is 28.6. The number of phenols is 1. The van der Waals surface area contributed by atoms with E-state index in [0.29, 0.717) is 29.5 Å². The second-order valence-electron chi connectivity index (χ2n) is 13.1. The van der Waals surface area contributed by atoms with Gasteiger partial charge in [-0.2, -0.15) is 0 Å². The second-order valence-corrected chi connectivity index (χ2v) is 13.1. The molecule has 1 aliphatic rings. The number of anilines is 1. The number of hydrogen-bond donors (Lipinski definition) is 3. The van der Waals surface area contributed by atoms with E-state index in [1.54, 1.807) is 66.7 Å². The number of esters is 2. The van der Waals surface area contributed by atoms with E-state index in [1.165, 1.54) is 26.4 Å². The van der Waals surface area contributed by atoms with E-state index < -0.39 is 35.9 Å². The number of rotatable bonds is 16. The maximum atomic E-state index is 13.6. The number of nitrogens with one attached hydrogen (secondary N) is 2. The molecule has 0 aromatic heterocycles. The number of hydrogen-bond acceptors (Lipinski definition) is 11. The maximum Gasteiger partial charge on any atom is 0.407 e. The number of amides is 3.